The predicted octanol–water partition coefficient (Wildman–Crippen LogP) is 5.06. The molecule has 0 unspecified atom stereocenters. The lowest BCUT2D eigenvalue weighted by Gasteiger charge is -2.21. The molecule has 0 saturated carbocycles. The van der Waals surface area contributed by atoms with Crippen molar-refractivity contribution in [2.24, 2.45) is 0 Å². The summed E-state index contributed by atoms with van der Waals surface area (Å²) in [6, 6.07) is 14.5. The zero-order chi connectivity index (χ0) is 16.2. The first kappa shape index (κ1) is 16.4. The lowest BCUT2D eigenvalue weighted by molar-refractivity contribution is 0.215. The predicted molar refractivity (Wildman–Crippen MR) is 92.0 cm³/mol. The number of hydrogen-bond acceptors (Lipinski definition) is 2. The Morgan fingerprint density at radius 1 is 0.773 bits per heavy atom. The van der Waals surface area contributed by atoms with Crippen LogP contribution in [0.3, 0.4) is 0 Å². The molecule has 22 heavy (non-hydrogen) atoms. The van der Waals surface area contributed by atoms with E-state index in [9.17, 15) is 0 Å². The van der Waals surface area contributed by atoms with Crippen molar-refractivity contribution >= 4 is 0 Å². The van der Waals surface area contributed by atoms with Crippen molar-refractivity contribution in [3.05, 3.63) is 59.2 Å². The van der Waals surface area contributed by atoms with Crippen LogP contribution in [0.4, 0.5) is 0 Å². The van der Waals surface area contributed by atoms with Crippen LogP contribution >= 0.6 is 0 Å². The molecule has 0 aliphatic heterocycles. The van der Waals surface area contributed by atoms with Gasteiger partial charge in [-0.25, -0.2) is 0 Å². The van der Waals surface area contributed by atoms with Gasteiger partial charge in [0.25, 0.3) is 0 Å². The van der Waals surface area contributed by atoms with Gasteiger partial charge in [-0.15, -0.1) is 0 Å². The monoisotopic (exact) mass is 298 g/mol. The molecule has 0 aliphatic carbocycles. The highest BCUT2D eigenvalue weighted by molar-refractivity contribution is 5.39. The highest BCUT2D eigenvalue weighted by atomic mass is 16.5. The van der Waals surface area contributed by atoms with E-state index < -0.39 is 0 Å². The Kier molecular flexibility index (Phi) is 5.12. The van der Waals surface area contributed by atoms with Crippen LogP contribution in [0.2, 0.25) is 0 Å². The van der Waals surface area contributed by atoms with Crippen molar-refractivity contribution in [1.29, 1.82) is 0 Å². The summed E-state index contributed by atoms with van der Waals surface area (Å²) in [5.41, 5.74) is 3.72. The molecule has 2 nitrogen and oxygen atoms in total. The summed E-state index contributed by atoms with van der Waals surface area (Å²) in [4.78, 5) is 0. The highest BCUT2D eigenvalue weighted by Gasteiger charge is 2.15. The van der Waals surface area contributed by atoms with E-state index in [1.807, 2.05) is 31.2 Å². The topological polar surface area (TPSA) is 18.5 Å². The molecule has 0 N–H and O–H groups in total. The third-order valence-corrected chi connectivity index (χ3v) is 3.75. The number of ether oxygens (including phenoxy) is 2. The zero-order valence-corrected chi connectivity index (χ0v) is 14.3. The van der Waals surface area contributed by atoms with Crippen LogP contribution in [0, 0.1) is 13.8 Å². The maximum atomic E-state index is 5.91. The second-order valence-electron chi connectivity index (χ2n) is 6.69. The van der Waals surface area contributed by atoms with Crippen LogP contribution in [0.15, 0.2) is 42.5 Å². The molecule has 118 valence electrons. The van der Waals surface area contributed by atoms with Crippen LogP contribution in [0.1, 0.15) is 37.5 Å². The van der Waals surface area contributed by atoms with Crippen molar-refractivity contribution in [3.63, 3.8) is 0 Å². The first-order chi connectivity index (χ1) is 10.4. The molecular weight excluding hydrogens is 272 g/mol. The van der Waals surface area contributed by atoms with Crippen LogP contribution in [-0.2, 0) is 5.41 Å². The minimum Gasteiger partial charge on any atom is -0.490 e. The van der Waals surface area contributed by atoms with Gasteiger partial charge in [0, 0.05) is 0 Å². The van der Waals surface area contributed by atoms with Gasteiger partial charge in [0.1, 0.15) is 24.7 Å². The number of benzene rings is 2. The number of rotatable bonds is 5. The second-order valence-corrected chi connectivity index (χ2v) is 6.69. The van der Waals surface area contributed by atoms with E-state index in [-0.39, 0.29) is 5.41 Å². The summed E-state index contributed by atoms with van der Waals surface area (Å²) in [7, 11) is 0. The molecule has 0 aliphatic rings. The van der Waals surface area contributed by atoms with Crippen molar-refractivity contribution in [2.75, 3.05) is 13.2 Å². The Morgan fingerprint density at radius 2 is 1.36 bits per heavy atom. The summed E-state index contributed by atoms with van der Waals surface area (Å²) in [5, 5.41) is 0. The SMILES string of the molecule is Cc1ccccc1OCCOc1cc(C(C)(C)C)ccc1C. The van der Waals surface area contributed by atoms with E-state index in [0.29, 0.717) is 13.2 Å². The molecule has 0 heterocycles. The molecule has 0 bridgehead atoms. The fraction of sp³-hybridized carbons (Fsp3) is 0.400. The van der Waals surface area contributed by atoms with Gasteiger partial charge in [-0.3, -0.25) is 0 Å². The Bertz CT molecular complexity index is 624. The molecule has 2 aromatic rings. The van der Waals surface area contributed by atoms with Gasteiger partial charge in [-0.05, 0) is 48.1 Å². The molecule has 2 heteroatoms. The fourth-order valence-electron chi connectivity index (χ4n) is 2.24. The van der Waals surface area contributed by atoms with E-state index in [2.05, 4.69) is 45.9 Å². The first-order valence-electron chi connectivity index (χ1n) is 7.80. The van der Waals surface area contributed by atoms with Crippen molar-refractivity contribution in [1.82, 2.24) is 0 Å². The van der Waals surface area contributed by atoms with Gasteiger partial charge < -0.3 is 9.47 Å². The van der Waals surface area contributed by atoms with E-state index in [1.54, 1.807) is 0 Å². The van der Waals surface area contributed by atoms with Gasteiger partial charge in [0.05, 0.1) is 0 Å². The van der Waals surface area contributed by atoms with E-state index in [0.717, 1.165) is 22.6 Å². The van der Waals surface area contributed by atoms with Crippen LogP contribution in [0.5, 0.6) is 11.5 Å². The maximum absolute atomic E-state index is 5.91. The van der Waals surface area contributed by atoms with Crippen molar-refractivity contribution < 1.29 is 9.47 Å². The molecule has 0 saturated heterocycles. The second kappa shape index (κ2) is 6.87. The molecule has 0 atom stereocenters. The number of para-hydroxylation sites is 1. The number of aryl methyl sites for hydroxylation is 2. The van der Waals surface area contributed by atoms with Gasteiger partial charge in [0.15, 0.2) is 0 Å². The molecule has 0 aromatic heterocycles. The zero-order valence-electron chi connectivity index (χ0n) is 14.3. The molecule has 2 rings (SSSR count). The Labute approximate surface area is 134 Å². The Balaban J connectivity index is 1.93. The lowest BCUT2D eigenvalue weighted by Crippen LogP contribution is -2.13. The van der Waals surface area contributed by atoms with Crippen LogP contribution in [-0.4, -0.2) is 13.2 Å². The largest absolute Gasteiger partial charge is 0.490 e. The van der Waals surface area contributed by atoms with Crippen molar-refractivity contribution in [3.8, 4) is 11.5 Å². The molecule has 0 spiro atoms. The van der Waals surface area contributed by atoms with Crippen LogP contribution < -0.4 is 9.47 Å². The summed E-state index contributed by atoms with van der Waals surface area (Å²) >= 11 is 0. The third-order valence-electron chi connectivity index (χ3n) is 3.75. The summed E-state index contributed by atoms with van der Waals surface area (Å²) in [6.45, 7) is 11.8. The van der Waals surface area contributed by atoms with Gasteiger partial charge in [-0.2, -0.15) is 0 Å². The number of hydrogen-bond donors (Lipinski definition) is 0. The fourth-order valence-corrected chi connectivity index (χ4v) is 2.24. The Hall–Kier alpha value is -1.96. The normalized spacial score (nSPS) is 11.3. The maximum Gasteiger partial charge on any atom is 0.122 e. The molecule has 2 aromatic carbocycles. The molecule has 0 fully saturated rings. The molecule has 0 radical (unpaired) electrons. The average molecular weight is 298 g/mol. The lowest BCUT2D eigenvalue weighted by atomic mass is 9.86. The van der Waals surface area contributed by atoms with E-state index >= 15 is 0 Å². The van der Waals surface area contributed by atoms with Gasteiger partial charge in [-0.1, -0.05) is 51.1 Å². The van der Waals surface area contributed by atoms with Crippen molar-refractivity contribution in [2.45, 2.75) is 40.0 Å². The molecule has 0 amide bonds. The quantitative estimate of drug-likeness (QED) is 0.718. The highest BCUT2D eigenvalue weighted by Crippen LogP contribution is 2.28. The Morgan fingerprint density at radius 3 is 2.00 bits per heavy atom. The van der Waals surface area contributed by atoms with Crippen LogP contribution in [0.25, 0.3) is 0 Å². The smallest absolute Gasteiger partial charge is 0.122 e. The summed E-state index contributed by atoms with van der Waals surface area (Å²) in [6.07, 6.45) is 0. The minimum atomic E-state index is 0.128. The van der Waals surface area contributed by atoms with E-state index in [1.165, 1.54) is 5.56 Å². The average Bonchev–Trinajstić information content (AvgIpc) is 2.45. The summed E-state index contributed by atoms with van der Waals surface area (Å²) in [5.74, 6) is 1.87. The van der Waals surface area contributed by atoms with Gasteiger partial charge >= 0.3 is 0 Å². The van der Waals surface area contributed by atoms with Gasteiger partial charge in [0.2, 0.25) is 0 Å². The molecular formula is C20H26O2. The van der Waals surface area contributed by atoms with E-state index in [4.69, 9.17) is 9.47 Å². The third kappa shape index (κ3) is 4.27. The first-order valence-corrected chi connectivity index (χ1v) is 7.80. The standard InChI is InChI=1S/C20H26O2/c1-15-8-6-7-9-18(15)21-12-13-22-19-14-17(20(3,4)5)11-10-16(19)2/h6-11,14H,12-13H2,1-5H3. The minimum absolute atomic E-state index is 0.128. The summed E-state index contributed by atoms with van der Waals surface area (Å²) < 4.78 is 11.7.